The molecule has 0 unspecified atom stereocenters. The van der Waals surface area contributed by atoms with Crippen LogP contribution in [0.1, 0.15) is 39.0 Å². The Morgan fingerprint density at radius 2 is 2.19 bits per heavy atom. The average molecular weight is 218 g/mol. The maximum atomic E-state index is 12.3. The fraction of sp³-hybridized carbons (Fsp3) is 0.692. The van der Waals surface area contributed by atoms with Crippen molar-refractivity contribution in [2.24, 2.45) is 5.41 Å². The van der Waals surface area contributed by atoms with Gasteiger partial charge in [-0.2, -0.15) is 5.26 Å². The predicted octanol–water partition coefficient (Wildman–Crippen LogP) is 2.25. The molecule has 1 heterocycles. The van der Waals surface area contributed by atoms with E-state index in [0.29, 0.717) is 6.54 Å². The highest BCUT2D eigenvalue weighted by Gasteiger charge is 2.43. The number of hydrogen-bond donors (Lipinski definition) is 0. The quantitative estimate of drug-likeness (QED) is 0.633. The molecule has 0 saturated heterocycles. The third kappa shape index (κ3) is 1.84. The molecule has 0 aromatic carbocycles. The maximum absolute atomic E-state index is 12.3. The predicted molar refractivity (Wildman–Crippen MR) is 61.5 cm³/mol. The van der Waals surface area contributed by atoms with Crippen LogP contribution >= 0.6 is 0 Å². The summed E-state index contributed by atoms with van der Waals surface area (Å²) in [5.41, 5.74) is 0.653. The molecule has 1 saturated carbocycles. The van der Waals surface area contributed by atoms with Gasteiger partial charge in [-0.3, -0.25) is 4.79 Å². The van der Waals surface area contributed by atoms with Gasteiger partial charge in [-0.15, -0.1) is 0 Å². The topological polar surface area (TPSA) is 44.1 Å². The van der Waals surface area contributed by atoms with Crippen molar-refractivity contribution in [2.45, 2.75) is 39.0 Å². The molecule has 1 fully saturated rings. The second-order valence-corrected chi connectivity index (χ2v) is 4.95. The third-order valence-corrected chi connectivity index (χ3v) is 3.80. The molecular formula is C13H18N2O. The van der Waals surface area contributed by atoms with Crippen LogP contribution in [0.25, 0.3) is 0 Å². The zero-order valence-corrected chi connectivity index (χ0v) is 9.83. The first-order valence-electron chi connectivity index (χ1n) is 6.04. The van der Waals surface area contributed by atoms with E-state index in [1.807, 2.05) is 4.90 Å². The summed E-state index contributed by atoms with van der Waals surface area (Å²) in [4.78, 5) is 14.2. The van der Waals surface area contributed by atoms with Crippen LogP contribution in [-0.2, 0) is 4.79 Å². The molecule has 0 radical (unpaired) electrons. The van der Waals surface area contributed by atoms with Crippen LogP contribution in [0, 0.1) is 16.7 Å². The third-order valence-electron chi connectivity index (χ3n) is 3.80. The molecule has 0 atom stereocenters. The Bertz CT molecular complexity index is 359. The number of carbonyl (C=O) groups is 1. The van der Waals surface area contributed by atoms with E-state index in [-0.39, 0.29) is 5.91 Å². The van der Waals surface area contributed by atoms with Crippen LogP contribution < -0.4 is 0 Å². The Morgan fingerprint density at radius 3 is 2.69 bits per heavy atom. The molecule has 0 bridgehead atoms. The van der Waals surface area contributed by atoms with Gasteiger partial charge in [0.15, 0.2) is 0 Å². The van der Waals surface area contributed by atoms with Gasteiger partial charge in [-0.05, 0) is 26.2 Å². The number of carbonyl (C=O) groups excluding carboxylic acids is 1. The number of hydrogen-bond acceptors (Lipinski definition) is 2. The zero-order valence-electron chi connectivity index (χ0n) is 9.83. The Morgan fingerprint density at radius 1 is 1.50 bits per heavy atom. The minimum Gasteiger partial charge on any atom is -0.337 e. The van der Waals surface area contributed by atoms with Crippen LogP contribution in [-0.4, -0.2) is 23.9 Å². The minimum atomic E-state index is -0.695. The lowest BCUT2D eigenvalue weighted by Crippen LogP contribution is -2.43. The maximum Gasteiger partial charge on any atom is 0.243 e. The van der Waals surface area contributed by atoms with Gasteiger partial charge >= 0.3 is 0 Å². The smallest absolute Gasteiger partial charge is 0.243 e. The van der Waals surface area contributed by atoms with Gasteiger partial charge in [-0.1, -0.05) is 24.5 Å². The van der Waals surface area contributed by atoms with Crippen LogP contribution in [0.3, 0.4) is 0 Å². The lowest BCUT2D eigenvalue weighted by atomic mass is 9.86. The van der Waals surface area contributed by atoms with Crippen molar-refractivity contribution in [1.82, 2.24) is 4.90 Å². The van der Waals surface area contributed by atoms with E-state index in [4.69, 9.17) is 0 Å². The number of rotatable bonds is 1. The standard InChI is InChI=1S/C13H18N2O/c1-11-4-8-15(9-5-11)12(16)13(10-14)6-2-3-7-13/h4H,2-3,5-9H2,1H3. The first kappa shape index (κ1) is 11.2. The zero-order chi connectivity index (χ0) is 11.6. The Labute approximate surface area is 96.7 Å². The summed E-state index contributed by atoms with van der Waals surface area (Å²) in [6.45, 7) is 3.57. The van der Waals surface area contributed by atoms with E-state index in [1.54, 1.807) is 0 Å². The normalized spacial score (nSPS) is 23.8. The summed E-state index contributed by atoms with van der Waals surface area (Å²) < 4.78 is 0. The molecule has 3 heteroatoms. The minimum absolute atomic E-state index is 0.0660. The summed E-state index contributed by atoms with van der Waals surface area (Å²) in [7, 11) is 0. The highest BCUT2D eigenvalue weighted by atomic mass is 16.2. The van der Waals surface area contributed by atoms with Crippen molar-refractivity contribution in [3.8, 4) is 6.07 Å². The van der Waals surface area contributed by atoms with E-state index in [1.165, 1.54) is 5.57 Å². The van der Waals surface area contributed by atoms with Crippen molar-refractivity contribution < 1.29 is 4.79 Å². The van der Waals surface area contributed by atoms with E-state index >= 15 is 0 Å². The van der Waals surface area contributed by atoms with Gasteiger partial charge in [-0.25, -0.2) is 0 Å². The molecule has 86 valence electrons. The Kier molecular flexibility index (Phi) is 3.00. The molecule has 1 amide bonds. The second-order valence-electron chi connectivity index (χ2n) is 4.95. The average Bonchev–Trinajstić information content (AvgIpc) is 2.79. The van der Waals surface area contributed by atoms with E-state index < -0.39 is 5.41 Å². The number of amides is 1. The van der Waals surface area contributed by atoms with Crippen LogP contribution in [0.2, 0.25) is 0 Å². The van der Waals surface area contributed by atoms with Gasteiger partial charge < -0.3 is 4.90 Å². The molecule has 1 aliphatic carbocycles. The fourth-order valence-corrected chi connectivity index (χ4v) is 2.61. The van der Waals surface area contributed by atoms with Gasteiger partial charge in [0, 0.05) is 13.1 Å². The molecule has 0 spiro atoms. The molecule has 0 aromatic rings. The molecule has 2 rings (SSSR count). The van der Waals surface area contributed by atoms with Crippen molar-refractivity contribution >= 4 is 5.91 Å². The van der Waals surface area contributed by atoms with Crippen LogP contribution in [0.4, 0.5) is 0 Å². The molecule has 0 aromatic heterocycles. The van der Waals surface area contributed by atoms with Crippen molar-refractivity contribution in [3.63, 3.8) is 0 Å². The van der Waals surface area contributed by atoms with Crippen molar-refractivity contribution in [2.75, 3.05) is 13.1 Å². The van der Waals surface area contributed by atoms with Gasteiger partial charge in [0.2, 0.25) is 5.91 Å². The monoisotopic (exact) mass is 218 g/mol. The number of nitriles is 1. The van der Waals surface area contributed by atoms with Crippen LogP contribution in [0.15, 0.2) is 11.6 Å². The Balaban J connectivity index is 2.10. The summed E-state index contributed by atoms with van der Waals surface area (Å²) in [6.07, 6.45) is 6.59. The largest absolute Gasteiger partial charge is 0.337 e. The molecule has 2 aliphatic rings. The first-order valence-corrected chi connectivity index (χ1v) is 6.04. The summed E-state index contributed by atoms with van der Waals surface area (Å²) in [5.74, 6) is 0.0660. The first-order chi connectivity index (χ1) is 7.68. The van der Waals surface area contributed by atoms with Crippen molar-refractivity contribution in [1.29, 1.82) is 5.26 Å². The second kappa shape index (κ2) is 4.29. The van der Waals surface area contributed by atoms with Gasteiger partial charge in [0.1, 0.15) is 5.41 Å². The van der Waals surface area contributed by atoms with Gasteiger partial charge in [0.05, 0.1) is 6.07 Å². The van der Waals surface area contributed by atoms with Crippen LogP contribution in [0.5, 0.6) is 0 Å². The lowest BCUT2D eigenvalue weighted by Gasteiger charge is -2.31. The van der Waals surface area contributed by atoms with Crippen molar-refractivity contribution in [3.05, 3.63) is 11.6 Å². The summed E-state index contributed by atoms with van der Waals surface area (Å²) in [5, 5.41) is 9.26. The molecular weight excluding hydrogens is 200 g/mol. The highest BCUT2D eigenvalue weighted by Crippen LogP contribution is 2.39. The fourth-order valence-electron chi connectivity index (χ4n) is 2.61. The lowest BCUT2D eigenvalue weighted by molar-refractivity contribution is -0.138. The van der Waals surface area contributed by atoms with E-state index in [9.17, 15) is 10.1 Å². The molecule has 3 nitrogen and oxygen atoms in total. The molecule has 1 aliphatic heterocycles. The Hall–Kier alpha value is -1.30. The SMILES string of the molecule is CC1=CCN(C(=O)C2(C#N)CCCC2)CC1. The number of nitrogens with zero attached hydrogens (tertiary/aromatic N) is 2. The summed E-state index contributed by atoms with van der Waals surface area (Å²) in [6, 6.07) is 2.27. The summed E-state index contributed by atoms with van der Waals surface area (Å²) >= 11 is 0. The molecule has 0 N–H and O–H groups in total. The van der Waals surface area contributed by atoms with E-state index in [0.717, 1.165) is 38.6 Å². The van der Waals surface area contributed by atoms with E-state index in [2.05, 4.69) is 19.1 Å². The molecule has 16 heavy (non-hydrogen) atoms. The highest BCUT2D eigenvalue weighted by molar-refractivity contribution is 5.86. The van der Waals surface area contributed by atoms with Gasteiger partial charge in [0.25, 0.3) is 0 Å².